The van der Waals surface area contributed by atoms with Gasteiger partial charge in [-0.3, -0.25) is 9.63 Å². The molecule has 3 rings (SSSR count). The molecule has 0 bridgehead atoms. The normalized spacial score (nSPS) is 23.9. The third-order valence-electron chi connectivity index (χ3n) is 5.24. The average Bonchev–Trinajstić information content (AvgIpc) is 3.24. The number of halogens is 3. The minimum absolute atomic E-state index is 0.0843. The molecule has 0 aromatic heterocycles. The summed E-state index contributed by atoms with van der Waals surface area (Å²) < 4.78 is 66.4. The third-order valence-corrected chi connectivity index (χ3v) is 7.04. The van der Waals surface area contributed by atoms with Crippen LogP contribution in [0.25, 0.3) is 0 Å². The zero-order chi connectivity index (χ0) is 21.2. The lowest BCUT2D eigenvalue weighted by atomic mass is 10.0. The van der Waals surface area contributed by atoms with E-state index in [2.05, 4.69) is 4.72 Å². The highest BCUT2D eigenvalue weighted by molar-refractivity contribution is 7.90. The molecule has 0 spiro atoms. The van der Waals surface area contributed by atoms with Gasteiger partial charge in [0.1, 0.15) is 5.25 Å². The molecule has 0 radical (unpaired) electrons. The highest BCUT2D eigenvalue weighted by Crippen LogP contribution is 2.35. The van der Waals surface area contributed by atoms with Crippen LogP contribution in [0.15, 0.2) is 24.3 Å². The van der Waals surface area contributed by atoms with Crippen LogP contribution in [0.5, 0.6) is 0 Å². The van der Waals surface area contributed by atoms with E-state index in [0.717, 1.165) is 18.6 Å². The van der Waals surface area contributed by atoms with Gasteiger partial charge in [0.25, 0.3) is 0 Å². The summed E-state index contributed by atoms with van der Waals surface area (Å²) in [6.07, 6.45) is -2.61. The number of carbonyl (C=O) groups excluding carboxylic acids is 1. The number of rotatable bonds is 7. The van der Waals surface area contributed by atoms with Gasteiger partial charge in [0.15, 0.2) is 0 Å². The third kappa shape index (κ3) is 5.08. The van der Waals surface area contributed by atoms with Crippen molar-refractivity contribution in [1.82, 2.24) is 14.7 Å². The predicted molar refractivity (Wildman–Crippen MR) is 99.0 cm³/mol. The lowest BCUT2D eigenvalue weighted by Crippen LogP contribution is -2.40. The van der Waals surface area contributed by atoms with Gasteiger partial charge in [0.05, 0.1) is 18.2 Å². The fraction of sp³-hybridized carbons (Fsp3) is 0.611. The Kier molecular flexibility index (Phi) is 6.51. The first-order valence-electron chi connectivity index (χ1n) is 9.39. The average molecular weight is 435 g/mol. The first-order chi connectivity index (χ1) is 13.6. The van der Waals surface area contributed by atoms with E-state index in [1.54, 1.807) is 11.9 Å². The number of hydrogen-bond acceptors (Lipinski definition) is 5. The highest BCUT2D eigenvalue weighted by Gasteiger charge is 2.43. The molecule has 2 atom stereocenters. The van der Waals surface area contributed by atoms with Crippen LogP contribution in [0.3, 0.4) is 0 Å². The Bertz CT molecular complexity index is 830. The number of likely N-dealkylation sites (tertiary alicyclic amines) is 1. The quantitative estimate of drug-likeness (QED) is 0.662. The molecular weight excluding hydrogens is 411 g/mol. The van der Waals surface area contributed by atoms with Crippen molar-refractivity contribution in [1.29, 1.82) is 0 Å². The molecule has 2 fully saturated rings. The van der Waals surface area contributed by atoms with E-state index in [4.69, 9.17) is 4.84 Å². The van der Waals surface area contributed by atoms with Crippen LogP contribution in [0.1, 0.15) is 36.4 Å². The van der Waals surface area contributed by atoms with Crippen molar-refractivity contribution in [3.63, 3.8) is 0 Å². The Morgan fingerprint density at radius 2 is 1.93 bits per heavy atom. The summed E-state index contributed by atoms with van der Waals surface area (Å²) >= 11 is 0. The number of alkyl halides is 3. The van der Waals surface area contributed by atoms with E-state index in [-0.39, 0.29) is 19.1 Å². The molecule has 0 saturated carbocycles. The minimum Gasteiger partial charge on any atom is -0.343 e. The van der Waals surface area contributed by atoms with E-state index in [1.807, 2.05) is 0 Å². The smallest absolute Gasteiger partial charge is 0.343 e. The summed E-state index contributed by atoms with van der Waals surface area (Å²) in [5.74, 6) is 0.0843. The molecule has 11 heteroatoms. The fourth-order valence-electron chi connectivity index (χ4n) is 3.68. The van der Waals surface area contributed by atoms with Gasteiger partial charge in [0, 0.05) is 33.1 Å². The summed E-state index contributed by atoms with van der Waals surface area (Å²) in [5, 5.41) is 0.396. The second-order valence-corrected chi connectivity index (χ2v) is 9.21. The van der Waals surface area contributed by atoms with Gasteiger partial charge in [-0.25, -0.2) is 13.1 Å². The Morgan fingerprint density at radius 3 is 2.52 bits per heavy atom. The number of hydroxylamine groups is 2. The van der Waals surface area contributed by atoms with E-state index in [9.17, 15) is 26.4 Å². The number of hydrogen-bond donors (Lipinski definition) is 1. The monoisotopic (exact) mass is 435 g/mol. The van der Waals surface area contributed by atoms with E-state index in [0.29, 0.717) is 31.5 Å². The second kappa shape index (κ2) is 8.58. The summed E-state index contributed by atoms with van der Waals surface area (Å²) in [6.45, 7) is 1.27. The minimum atomic E-state index is -4.46. The second-order valence-electron chi connectivity index (χ2n) is 7.22. The first-order valence-corrected chi connectivity index (χ1v) is 10.9. The van der Waals surface area contributed by atoms with Crippen LogP contribution in [0, 0.1) is 0 Å². The highest BCUT2D eigenvalue weighted by atomic mass is 32.2. The standard InChI is InChI=1S/C18H24F3N3O4S/c1-23-17(13-5-7-14(8-6-13)18(19,20)21)15(12-28-23)29(26,27)22-9-3-11-24-10-2-4-16(24)25/h5-8,15,17,22H,2-4,9-12H2,1H3. The molecule has 1 aromatic rings. The van der Waals surface area contributed by atoms with Crippen LogP contribution in [-0.2, 0) is 25.8 Å². The number of benzene rings is 1. The van der Waals surface area contributed by atoms with Gasteiger partial charge in [-0.1, -0.05) is 12.1 Å². The molecule has 0 aliphatic carbocycles. The van der Waals surface area contributed by atoms with Crippen molar-refractivity contribution in [2.24, 2.45) is 0 Å². The van der Waals surface area contributed by atoms with Crippen molar-refractivity contribution < 1.29 is 31.2 Å². The molecule has 1 N–H and O–H groups in total. The number of amides is 1. The lowest BCUT2D eigenvalue weighted by Gasteiger charge is -2.23. The SMILES string of the molecule is CN1OCC(S(=O)(=O)NCCCN2CCCC2=O)C1c1ccc(C(F)(F)F)cc1. The maximum atomic E-state index is 12.8. The Morgan fingerprint density at radius 1 is 1.24 bits per heavy atom. The van der Waals surface area contributed by atoms with Gasteiger partial charge in [0.2, 0.25) is 15.9 Å². The van der Waals surface area contributed by atoms with Crippen LogP contribution in [0.2, 0.25) is 0 Å². The molecule has 162 valence electrons. The van der Waals surface area contributed by atoms with Gasteiger partial charge in [-0.2, -0.15) is 18.2 Å². The van der Waals surface area contributed by atoms with Crippen LogP contribution in [0.4, 0.5) is 13.2 Å². The van der Waals surface area contributed by atoms with Gasteiger partial charge in [-0.15, -0.1) is 0 Å². The summed E-state index contributed by atoms with van der Waals surface area (Å²) in [7, 11) is -2.23. The maximum absolute atomic E-state index is 12.8. The van der Waals surface area contributed by atoms with E-state index >= 15 is 0 Å². The fourth-order valence-corrected chi connectivity index (χ4v) is 5.23. The molecule has 1 aromatic carbocycles. The predicted octanol–water partition coefficient (Wildman–Crippen LogP) is 1.92. The van der Waals surface area contributed by atoms with Crippen molar-refractivity contribution >= 4 is 15.9 Å². The maximum Gasteiger partial charge on any atom is 0.416 e. The topological polar surface area (TPSA) is 79.0 Å². The van der Waals surface area contributed by atoms with Crippen molar-refractivity contribution in [3.8, 4) is 0 Å². The summed E-state index contributed by atoms with van der Waals surface area (Å²) in [5.41, 5.74) is -0.368. The Hall–Kier alpha value is -1.69. The van der Waals surface area contributed by atoms with Gasteiger partial charge < -0.3 is 4.90 Å². The van der Waals surface area contributed by atoms with E-state index < -0.39 is 33.1 Å². The van der Waals surface area contributed by atoms with Crippen molar-refractivity contribution in [2.45, 2.75) is 36.7 Å². The largest absolute Gasteiger partial charge is 0.416 e. The van der Waals surface area contributed by atoms with Crippen LogP contribution >= 0.6 is 0 Å². The summed E-state index contributed by atoms with van der Waals surface area (Å²) in [4.78, 5) is 18.7. The number of carbonyl (C=O) groups is 1. The lowest BCUT2D eigenvalue weighted by molar-refractivity contribution is -0.137. The van der Waals surface area contributed by atoms with Crippen molar-refractivity contribution in [3.05, 3.63) is 35.4 Å². The Balaban J connectivity index is 1.63. The molecule has 2 aliphatic heterocycles. The van der Waals surface area contributed by atoms with Gasteiger partial charge >= 0.3 is 6.18 Å². The van der Waals surface area contributed by atoms with Crippen LogP contribution < -0.4 is 4.72 Å². The number of nitrogens with one attached hydrogen (secondary N) is 1. The molecule has 2 unspecified atom stereocenters. The van der Waals surface area contributed by atoms with Crippen molar-refractivity contribution in [2.75, 3.05) is 33.3 Å². The molecule has 7 nitrogen and oxygen atoms in total. The molecule has 29 heavy (non-hydrogen) atoms. The molecule has 1 amide bonds. The Labute approximate surface area is 167 Å². The molecular formula is C18H24F3N3O4S. The molecule has 2 aliphatic rings. The summed E-state index contributed by atoms with van der Waals surface area (Å²) in [6, 6.07) is 3.70. The molecule has 2 saturated heterocycles. The number of nitrogens with zero attached hydrogens (tertiary/aromatic N) is 2. The van der Waals surface area contributed by atoms with E-state index in [1.165, 1.54) is 17.2 Å². The zero-order valence-electron chi connectivity index (χ0n) is 16.0. The first kappa shape index (κ1) is 22.0. The number of sulfonamides is 1. The molecule has 2 heterocycles. The van der Waals surface area contributed by atoms with Crippen LogP contribution in [-0.4, -0.2) is 62.8 Å². The zero-order valence-corrected chi connectivity index (χ0v) is 16.8. The van der Waals surface area contributed by atoms with Gasteiger partial charge in [-0.05, 0) is 30.5 Å².